The van der Waals surface area contributed by atoms with Gasteiger partial charge in [0, 0.05) is 45.9 Å². The lowest BCUT2D eigenvalue weighted by Gasteiger charge is -2.46. The molecule has 10 aromatic carbocycles. The maximum Gasteiger partial charge on any atom is 0.256 e. The third-order valence-electron chi connectivity index (χ3n) is 25.0. The number of hydrogen-bond donors (Lipinski definition) is 0. The van der Waals surface area contributed by atoms with Gasteiger partial charge in [0.25, 0.3) is 20.1 Å². The number of fused-ring (bicyclic) bond motifs is 12. The van der Waals surface area contributed by atoms with Crippen LogP contribution >= 0.6 is 0 Å². The summed E-state index contributed by atoms with van der Waals surface area (Å²) in [6, 6.07) is 58.3. The fourth-order valence-electron chi connectivity index (χ4n) is 17.9. The molecule has 0 aliphatic carbocycles. The second-order valence-corrected chi connectivity index (χ2v) is 36.3. The average molecular weight is 1340 g/mol. The highest BCUT2D eigenvalue weighted by Gasteiger charge is 2.51. The third-order valence-corrected chi connectivity index (χ3v) is 25.0. The zero-order chi connectivity index (χ0) is 72.5. The summed E-state index contributed by atoms with van der Waals surface area (Å²) in [5.74, 6) is 5.48. The van der Waals surface area contributed by atoms with Crippen LogP contribution in [0.4, 0.5) is 51.2 Å². The fraction of sp³-hybridized carbons (Fsp3) is 0.355. The molecule has 6 heterocycles. The standard InChI is InChI=1S/C93H102B3N3O3/c1-25-91(19,20)61-42-74-83-80(45-61)100-77-34-30-59(89(13,14)15)40-68(77)94(83)65-48-66-72(50-71(65)97(74)64-32-28-58(29-33-64)88(10,11)12)98(86-54(6)36-52(4)37-55(86)7)75-43-63(93(23,24)27-3)47-82-85(75)96(66)70-49-67-73(51-79(70)102-82)99(87-56(8)38-53(5)39-57(87)9)76-44-62(92(21,22)26-2)46-81-84(76)95(67)69-41-60(90(16,17)18)31-35-78(69)101-81/h28-51H,25-27H2,1-24H3. The predicted molar refractivity (Wildman–Crippen MR) is 438 cm³/mol. The second kappa shape index (κ2) is 22.8. The van der Waals surface area contributed by atoms with Crippen LogP contribution in [0, 0.1) is 41.5 Å². The van der Waals surface area contributed by atoms with E-state index in [0.29, 0.717) is 0 Å². The third kappa shape index (κ3) is 10.3. The van der Waals surface area contributed by atoms with E-state index in [1.165, 1.54) is 139 Å². The van der Waals surface area contributed by atoms with E-state index in [1.807, 2.05) is 0 Å². The van der Waals surface area contributed by atoms with Gasteiger partial charge in [-0.2, -0.15) is 0 Å². The Hall–Kier alpha value is -8.81. The second-order valence-electron chi connectivity index (χ2n) is 36.3. The molecule has 0 unspecified atom stereocenters. The molecule has 0 bridgehead atoms. The van der Waals surface area contributed by atoms with E-state index in [1.54, 1.807) is 0 Å². The monoisotopic (exact) mass is 1340 g/mol. The molecule has 0 radical (unpaired) electrons. The predicted octanol–water partition coefficient (Wildman–Crippen LogP) is 19.7. The molecule has 9 heteroatoms. The van der Waals surface area contributed by atoms with Crippen LogP contribution in [0.3, 0.4) is 0 Å². The van der Waals surface area contributed by atoms with E-state index in [0.717, 1.165) is 82.0 Å². The van der Waals surface area contributed by atoms with Crippen molar-refractivity contribution in [2.75, 3.05) is 14.7 Å². The molecule has 0 spiro atoms. The number of hydrogen-bond acceptors (Lipinski definition) is 6. The van der Waals surface area contributed by atoms with Crippen LogP contribution in [-0.2, 0) is 32.5 Å². The molecular weight excluding hydrogens is 1240 g/mol. The normalized spacial score (nSPS) is 14.7. The summed E-state index contributed by atoms with van der Waals surface area (Å²) in [5, 5.41) is 0. The number of ether oxygens (including phenoxy) is 3. The summed E-state index contributed by atoms with van der Waals surface area (Å²) in [6.45, 7) is 55.4. The van der Waals surface area contributed by atoms with Crippen molar-refractivity contribution in [1.29, 1.82) is 0 Å². The molecule has 6 nitrogen and oxygen atoms in total. The number of benzene rings is 10. The maximum atomic E-state index is 8.01. The summed E-state index contributed by atoms with van der Waals surface area (Å²) in [5.41, 5.74) is 35.7. The summed E-state index contributed by atoms with van der Waals surface area (Å²) < 4.78 is 22.9. The minimum Gasteiger partial charge on any atom is -0.458 e. The molecule has 6 aliphatic heterocycles. The lowest BCUT2D eigenvalue weighted by Crippen LogP contribution is -2.65. The summed E-state index contributed by atoms with van der Waals surface area (Å²) in [6.07, 6.45) is 2.89. The van der Waals surface area contributed by atoms with Gasteiger partial charge in [-0.1, -0.05) is 209 Å². The van der Waals surface area contributed by atoms with Gasteiger partial charge in [-0.15, -0.1) is 0 Å². The Kier molecular flexibility index (Phi) is 15.2. The zero-order valence-corrected chi connectivity index (χ0v) is 65.3. The molecule has 0 N–H and O–H groups in total. The van der Waals surface area contributed by atoms with E-state index in [-0.39, 0.29) is 52.6 Å². The lowest BCUT2D eigenvalue weighted by molar-refractivity contribution is 0.474. The van der Waals surface area contributed by atoms with Crippen molar-refractivity contribution in [2.24, 2.45) is 0 Å². The van der Waals surface area contributed by atoms with Crippen molar-refractivity contribution < 1.29 is 14.2 Å². The van der Waals surface area contributed by atoms with Crippen LogP contribution in [0.1, 0.15) is 211 Å². The summed E-state index contributed by atoms with van der Waals surface area (Å²) >= 11 is 0. The summed E-state index contributed by atoms with van der Waals surface area (Å²) in [4.78, 5) is 7.91. The Bertz CT molecular complexity index is 5200. The lowest BCUT2D eigenvalue weighted by atomic mass is 9.29. The average Bonchev–Trinajstić information content (AvgIpc) is 0.682. The van der Waals surface area contributed by atoms with Gasteiger partial charge >= 0.3 is 0 Å². The van der Waals surface area contributed by atoms with E-state index >= 15 is 0 Å². The largest absolute Gasteiger partial charge is 0.458 e. The van der Waals surface area contributed by atoms with Crippen molar-refractivity contribution in [3.8, 4) is 34.5 Å². The van der Waals surface area contributed by atoms with Gasteiger partial charge in [0.1, 0.15) is 34.5 Å². The molecule has 0 atom stereocenters. The van der Waals surface area contributed by atoms with Gasteiger partial charge in [-0.05, 0) is 265 Å². The minimum absolute atomic E-state index is 0.0442. The topological polar surface area (TPSA) is 37.4 Å². The van der Waals surface area contributed by atoms with Gasteiger partial charge < -0.3 is 28.9 Å². The molecule has 10 aromatic rings. The number of aryl methyl sites for hydroxylation is 6. The van der Waals surface area contributed by atoms with Crippen molar-refractivity contribution in [3.05, 3.63) is 212 Å². The first-order valence-electron chi connectivity index (χ1n) is 37.9. The molecule has 0 fully saturated rings. The van der Waals surface area contributed by atoms with Gasteiger partial charge in [0.05, 0.1) is 11.4 Å². The first kappa shape index (κ1) is 67.7. The maximum absolute atomic E-state index is 8.01. The highest BCUT2D eigenvalue weighted by molar-refractivity contribution is 7.03. The first-order chi connectivity index (χ1) is 48.0. The van der Waals surface area contributed by atoms with Gasteiger partial charge in [0.2, 0.25) is 0 Å². The molecular formula is C93H102B3N3O3. The highest BCUT2D eigenvalue weighted by Crippen LogP contribution is 2.53. The number of nitrogens with zero attached hydrogens (tertiary/aromatic N) is 3. The smallest absolute Gasteiger partial charge is 0.256 e. The Balaban J connectivity index is 1.06. The van der Waals surface area contributed by atoms with Crippen LogP contribution in [0.5, 0.6) is 34.5 Å². The molecule has 102 heavy (non-hydrogen) atoms. The van der Waals surface area contributed by atoms with Gasteiger partial charge in [-0.25, -0.2) is 0 Å². The molecule has 6 aliphatic rings. The van der Waals surface area contributed by atoms with E-state index in [9.17, 15) is 0 Å². The quantitative estimate of drug-likeness (QED) is 0.134. The fourth-order valence-corrected chi connectivity index (χ4v) is 17.9. The van der Waals surface area contributed by atoms with Gasteiger partial charge in [0.15, 0.2) is 0 Å². The minimum atomic E-state index is -0.274. The summed E-state index contributed by atoms with van der Waals surface area (Å²) in [7, 11) is 0. The van der Waals surface area contributed by atoms with Crippen LogP contribution < -0.4 is 78.1 Å². The van der Waals surface area contributed by atoms with Crippen molar-refractivity contribution in [2.45, 2.75) is 218 Å². The Labute approximate surface area is 610 Å². The number of rotatable bonds is 9. The molecule has 16 rings (SSSR count). The molecule has 0 saturated heterocycles. The van der Waals surface area contributed by atoms with Crippen molar-refractivity contribution in [1.82, 2.24) is 0 Å². The van der Waals surface area contributed by atoms with Crippen molar-refractivity contribution in [3.63, 3.8) is 0 Å². The van der Waals surface area contributed by atoms with Gasteiger partial charge in [-0.3, -0.25) is 0 Å². The van der Waals surface area contributed by atoms with Crippen LogP contribution in [0.25, 0.3) is 0 Å². The van der Waals surface area contributed by atoms with Crippen LogP contribution in [0.15, 0.2) is 146 Å². The Morgan fingerprint density at radius 2 is 0.588 bits per heavy atom. The van der Waals surface area contributed by atoms with Crippen molar-refractivity contribution >= 4 is 120 Å². The molecule has 0 saturated carbocycles. The van der Waals surface area contributed by atoms with Crippen LogP contribution in [-0.4, -0.2) is 20.1 Å². The zero-order valence-electron chi connectivity index (χ0n) is 65.3. The SMILES string of the molecule is CCC(C)(C)c1cc2c3c(c1)N(c1ccc(C(C)(C)C)cc1)c1cc4c(cc1B3c1cc(C(C)(C)C)ccc1O2)B1c2cc3c(cc2Oc2cc(C(C)(C)CC)cc(c21)N4c1c(C)cc(C)cc1C)N(c1c(C)cc(C)cc1C)c1cc(C(C)(C)CC)cc2c1B3c1cc(C(C)(C)C)ccc1O2. The molecule has 0 amide bonds. The Morgan fingerprint density at radius 3 is 0.951 bits per heavy atom. The first-order valence-corrected chi connectivity index (χ1v) is 37.9. The molecule has 0 aromatic heterocycles. The van der Waals surface area contributed by atoms with E-state index in [4.69, 9.17) is 14.2 Å². The van der Waals surface area contributed by atoms with E-state index in [2.05, 4.69) is 326 Å². The van der Waals surface area contributed by atoms with Crippen LogP contribution in [0.2, 0.25) is 0 Å². The number of anilines is 9. The highest BCUT2D eigenvalue weighted by atomic mass is 16.5. The Morgan fingerprint density at radius 1 is 0.275 bits per heavy atom. The molecule has 516 valence electrons. The van der Waals surface area contributed by atoms with E-state index < -0.39 is 0 Å².